The van der Waals surface area contributed by atoms with Gasteiger partial charge in [0.05, 0.1) is 10.6 Å². The number of halogens is 2. The van der Waals surface area contributed by atoms with E-state index in [0.717, 1.165) is 12.1 Å². The van der Waals surface area contributed by atoms with Crippen molar-refractivity contribution in [2.75, 3.05) is 37.6 Å². The summed E-state index contributed by atoms with van der Waals surface area (Å²) >= 11 is 0. The van der Waals surface area contributed by atoms with E-state index in [-0.39, 0.29) is 41.4 Å². The Kier molecular flexibility index (Phi) is 7.69. The van der Waals surface area contributed by atoms with E-state index >= 15 is 0 Å². The van der Waals surface area contributed by atoms with E-state index in [1.54, 1.807) is 42.2 Å². The molecule has 0 amide bonds. The van der Waals surface area contributed by atoms with Crippen molar-refractivity contribution in [2.24, 2.45) is 0 Å². The van der Waals surface area contributed by atoms with E-state index in [1.807, 2.05) is 0 Å². The maximum atomic E-state index is 13.9. The first-order chi connectivity index (χ1) is 17.1. The van der Waals surface area contributed by atoms with Crippen molar-refractivity contribution in [3.8, 4) is 0 Å². The third-order valence-electron chi connectivity index (χ3n) is 6.04. The van der Waals surface area contributed by atoms with Gasteiger partial charge in [-0.1, -0.05) is 24.3 Å². The highest BCUT2D eigenvalue weighted by Gasteiger charge is 2.31. The molecule has 1 fully saturated rings. The number of hydrogen-bond acceptors (Lipinski definition) is 6. The van der Waals surface area contributed by atoms with Crippen LogP contribution in [0.5, 0.6) is 0 Å². The standard InChI is InChI=1S/C24H26F2N4O4S2/c1-18-4-2-3-5-23(18)36(33,34)30-14-12-29(13-15-30)22-9-10-27-17-24(22)35(31,32)28-11-8-19-6-7-20(25)16-21(19)26/h2-7,9-10,16-17,28H,8,11-15H2,1H3. The maximum Gasteiger partial charge on any atom is 0.244 e. The lowest BCUT2D eigenvalue weighted by atomic mass is 10.1. The molecule has 4 rings (SSSR count). The first kappa shape index (κ1) is 26.1. The molecule has 1 N–H and O–H groups in total. The van der Waals surface area contributed by atoms with Crippen LogP contribution >= 0.6 is 0 Å². The van der Waals surface area contributed by atoms with Crippen LogP contribution in [0.1, 0.15) is 11.1 Å². The van der Waals surface area contributed by atoms with Crippen LogP contribution in [0, 0.1) is 18.6 Å². The predicted molar refractivity (Wildman–Crippen MR) is 132 cm³/mol. The number of pyridine rings is 1. The average molecular weight is 537 g/mol. The van der Waals surface area contributed by atoms with Gasteiger partial charge in [-0.25, -0.2) is 30.3 Å². The Morgan fingerprint density at radius 2 is 1.67 bits per heavy atom. The maximum absolute atomic E-state index is 13.9. The lowest BCUT2D eigenvalue weighted by molar-refractivity contribution is 0.384. The van der Waals surface area contributed by atoms with Gasteiger partial charge in [-0.15, -0.1) is 0 Å². The second-order valence-electron chi connectivity index (χ2n) is 8.38. The topological polar surface area (TPSA) is 99.7 Å². The number of hydrogen-bond donors (Lipinski definition) is 1. The summed E-state index contributed by atoms with van der Waals surface area (Å²) in [4.78, 5) is 5.95. The van der Waals surface area contributed by atoms with Gasteiger partial charge in [-0.2, -0.15) is 4.31 Å². The molecule has 3 aromatic rings. The number of sulfonamides is 2. The first-order valence-electron chi connectivity index (χ1n) is 11.3. The summed E-state index contributed by atoms with van der Waals surface area (Å²) in [5.41, 5.74) is 1.25. The molecule has 1 aromatic heterocycles. The molecule has 0 spiro atoms. The molecule has 12 heteroatoms. The van der Waals surface area contributed by atoms with Crippen molar-refractivity contribution in [3.63, 3.8) is 0 Å². The molecule has 192 valence electrons. The van der Waals surface area contributed by atoms with Crippen LogP contribution in [0.3, 0.4) is 0 Å². The van der Waals surface area contributed by atoms with Crippen LogP contribution in [0.15, 0.2) is 70.7 Å². The van der Waals surface area contributed by atoms with Crippen molar-refractivity contribution in [1.29, 1.82) is 0 Å². The van der Waals surface area contributed by atoms with Gasteiger partial charge in [-0.05, 0) is 42.7 Å². The molecule has 0 unspecified atom stereocenters. The fourth-order valence-electron chi connectivity index (χ4n) is 4.12. The lowest BCUT2D eigenvalue weighted by Crippen LogP contribution is -2.49. The summed E-state index contributed by atoms with van der Waals surface area (Å²) in [5, 5.41) is 0. The third kappa shape index (κ3) is 5.56. The number of rotatable bonds is 8. The number of anilines is 1. The second kappa shape index (κ2) is 10.6. The minimum Gasteiger partial charge on any atom is -0.368 e. The molecule has 0 bridgehead atoms. The largest absolute Gasteiger partial charge is 0.368 e. The van der Waals surface area contributed by atoms with Crippen LogP contribution in [0.25, 0.3) is 0 Å². The second-order valence-corrected chi connectivity index (χ2v) is 12.0. The van der Waals surface area contributed by atoms with Crippen LogP contribution in [-0.2, 0) is 26.5 Å². The summed E-state index contributed by atoms with van der Waals surface area (Å²) in [6, 6.07) is 11.5. The van der Waals surface area contributed by atoms with E-state index in [2.05, 4.69) is 9.71 Å². The Labute approximate surface area is 209 Å². The van der Waals surface area contributed by atoms with Gasteiger partial charge in [-0.3, -0.25) is 4.98 Å². The zero-order valence-corrected chi connectivity index (χ0v) is 21.2. The summed E-state index contributed by atoms with van der Waals surface area (Å²) in [6.07, 6.45) is 2.74. The average Bonchev–Trinajstić information content (AvgIpc) is 2.85. The Bertz CT molecular complexity index is 1460. The highest BCUT2D eigenvalue weighted by atomic mass is 32.2. The molecular weight excluding hydrogens is 510 g/mol. The molecule has 0 aliphatic carbocycles. The third-order valence-corrected chi connectivity index (χ3v) is 9.58. The fourth-order valence-corrected chi connectivity index (χ4v) is 6.96. The molecule has 2 aromatic carbocycles. The van der Waals surface area contributed by atoms with E-state index in [9.17, 15) is 25.6 Å². The number of piperazine rings is 1. The first-order valence-corrected chi connectivity index (χ1v) is 14.2. The number of aryl methyl sites for hydroxylation is 1. The highest BCUT2D eigenvalue weighted by molar-refractivity contribution is 7.89. The van der Waals surface area contributed by atoms with Crippen LogP contribution in [0.4, 0.5) is 14.5 Å². The number of benzene rings is 2. The molecule has 1 saturated heterocycles. The van der Waals surface area contributed by atoms with Crippen molar-refractivity contribution in [2.45, 2.75) is 23.1 Å². The Hall–Kier alpha value is -2.93. The van der Waals surface area contributed by atoms with Gasteiger partial charge in [0.1, 0.15) is 16.5 Å². The smallest absolute Gasteiger partial charge is 0.244 e. The highest BCUT2D eigenvalue weighted by Crippen LogP contribution is 2.27. The van der Waals surface area contributed by atoms with Crippen molar-refractivity contribution in [3.05, 3.63) is 83.7 Å². The van der Waals surface area contributed by atoms with E-state index in [4.69, 9.17) is 0 Å². The minimum atomic E-state index is -4.00. The van der Waals surface area contributed by atoms with Crippen LogP contribution in [0.2, 0.25) is 0 Å². The summed E-state index contributed by atoms with van der Waals surface area (Å²) in [6.45, 7) is 2.61. The van der Waals surface area contributed by atoms with Gasteiger partial charge in [0, 0.05) is 51.2 Å². The molecule has 8 nitrogen and oxygen atoms in total. The van der Waals surface area contributed by atoms with Crippen LogP contribution in [-0.4, -0.2) is 58.8 Å². The Balaban J connectivity index is 1.45. The van der Waals surface area contributed by atoms with Gasteiger partial charge in [0.2, 0.25) is 20.0 Å². The van der Waals surface area contributed by atoms with Gasteiger partial charge in [0.15, 0.2) is 0 Å². The van der Waals surface area contributed by atoms with Gasteiger partial charge < -0.3 is 4.90 Å². The molecule has 2 heterocycles. The SMILES string of the molecule is Cc1ccccc1S(=O)(=O)N1CCN(c2ccncc2S(=O)(=O)NCCc2ccc(F)cc2F)CC1. The monoisotopic (exact) mass is 536 g/mol. The Morgan fingerprint density at radius 3 is 2.36 bits per heavy atom. The molecule has 0 saturated carbocycles. The quantitative estimate of drug-likeness (QED) is 0.475. The molecule has 0 radical (unpaired) electrons. The van der Waals surface area contributed by atoms with Crippen molar-refractivity contribution in [1.82, 2.24) is 14.0 Å². The molecule has 36 heavy (non-hydrogen) atoms. The summed E-state index contributed by atoms with van der Waals surface area (Å²) in [7, 11) is -7.68. The molecule has 0 atom stereocenters. The summed E-state index contributed by atoms with van der Waals surface area (Å²) in [5.74, 6) is -1.45. The number of nitrogens with zero attached hydrogens (tertiary/aromatic N) is 3. The van der Waals surface area contributed by atoms with Crippen LogP contribution < -0.4 is 9.62 Å². The van der Waals surface area contributed by atoms with E-state index < -0.39 is 31.7 Å². The zero-order valence-electron chi connectivity index (χ0n) is 19.6. The van der Waals surface area contributed by atoms with Gasteiger partial charge in [0.25, 0.3) is 0 Å². The molecule has 1 aliphatic rings. The number of nitrogens with one attached hydrogen (secondary N) is 1. The van der Waals surface area contributed by atoms with Crippen molar-refractivity contribution < 1.29 is 25.6 Å². The van der Waals surface area contributed by atoms with E-state index in [1.165, 1.54) is 22.8 Å². The normalized spacial score (nSPS) is 15.2. The molecular formula is C24H26F2N4O4S2. The summed E-state index contributed by atoms with van der Waals surface area (Å²) < 4.78 is 83.1. The Morgan fingerprint density at radius 1 is 0.944 bits per heavy atom. The van der Waals surface area contributed by atoms with E-state index in [0.29, 0.717) is 24.3 Å². The predicted octanol–water partition coefficient (Wildman–Crippen LogP) is 2.70. The lowest BCUT2D eigenvalue weighted by Gasteiger charge is -2.36. The zero-order chi connectivity index (χ0) is 25.9. The number of aromatic nitrogens is 1. The minimum absolute atomic E-state index is 0.0381. The molecule has 1 aliphatic heterocycles. The van der Waals surface area contributed by atoms with Gasteiger partial charge >= 0.3 is 0 Å². The fraction of sp³-hybridized carbons (Fsp3) is 0.292. The van der Waals surface area contributed by atoms with Crippen molar-refractivity contribution >= 4 is 25.7 Å².